The quantitative estimate of drug-likeness (QED) is 0.623. The fourth-order valence-corrected chi connectivity index (χ4v) is 2.07. The number of oxazole rings is 1. The Morgan fingerprint density at radius 2 is 1.95 bits per heavy atom. The third kappa shape index (κ3) is 1.84. The fourth-order valence-electron chi connectivity index (χ4n) is 1.88. The van der Waals surface area contributed by atoms with Crippen LogP contribution in [0.1, 0.15) is 5.56 Å². The third-order valence-electron chi connectivity index (χ3n) is 2.72. The molecule has 0 spiro atoms. The SMILES string of the molecule is O=c1[nH]c2cc(C(F)(F)F)ccc2c2oc(=S)[nH]c12. The number of aromatic nitrogens is 2. The van der Waals surface area contributed by atoms with Gasteiger partial charge in [0.2, 0.25) is 0 Å². The molecule has 0 unspecified atom stereocenters. The molecule has 8 heteroatoms. The van der Waals surface area contributed by atoms with Gasteiger partial charge in [-0.1, -0.05) is 0 Å². The number of rotatable bonds is 0. The van der Waals surface area contributed by atoms with E-state index in [0.717, 1.165) is 12.1 Å². The van der Waals surface area contributed by atoms with Gasteiger partial charge in [-0.15, -0.1) is 0 Å². The molecular weight excluding hydrogens is 281 g/mol. The second-order valence-electron chi connectivity index (χ2n) is 3.93. The molecule has 0 fully saturated rings. The molecule has 0 saturated heterocycles. The van der Waals surface area contributed by atoms with Crippen molar-refractivity contribution in [1.82, 2.24) is 9.97 Å². The molecule has 0 radical (unpaired) electrons. The molecule has 98 valence electrons. The van der Waals surface area contributed by atoms with E-state index in [1.165, 1.54) is 6.07 Å². The second-order valence-corrected chi connectivity index (χ2v) is 4.30. The summed E-state index contributed by atoms with van der Waals surface area (Å²) in [6.45, 7) is 0. The van der Waals surface area contributed by atoms with E-state index < -0.39 is 17.3 Å². The Kier molecular flexibility index (Phi) is 2.33. The van der Waals surface area contributed by atoms with Gasteiger partial charge in [-0.3, -0.25) is 4.79 Å². The van der Waals surface area contributed by atoms with Crippen LogP contribution in [0.4, 0.5) is 13.2 Å². The van der Waals surface area contributed by atoms with Crippen molar-refractivity contribution in [3.05, 3.63) is 39.0 Å². The Morgan fingerprint density at radius 1 is 1.21 bits per heavy atom. The molecule has 0 amide bonds. The highest BCUT2D eigenvalue weighted by Gasteiger charge is 2.30. The lowest BCUT2D eigenvalue weighted by molar-refractivity contribution is -0.137. The summed E-state index contributed by atoms with van der Waals surface area (Å²) < 4.78 is 42.9. The summed E-state index contributed by atoms with van der Waals surface area (Å²) in [5, 5.41) is 0.356. The highest BCUT2D eigenvalue weighted by molar-refractivity contribution is 7.71. The van der Waals surface area contributed by atoms with Crippen LogP contribution in [0.15, 0.2) is 27.4 Å². The minimum atomic E-state index is -4.47. The second kappa shape index (κ2) is 3.70. The molecule has 1 aromatic carbocycles. The van der Waals surface area contributed by atoms with E-state index in [0.29, 0.717) is 5.39 Å². The minimum absolute atomic E-state index is 0.00658. The van der Waals surface area contributed by atoms with E-state index in [4.69, 9.17) is 16.6 Å². The number of hydrogen-bond donors (Lipinski definition) is 2. The third-order valence-corrected chi connectivity index (χ3v) is 2.90. The Hall–Kier alpha value is -2.09. The first-order chi connectivity index (χ1) is 8.86. The summed E-state index contributed by atoms with van der Waals surface area (Å²) >= 11 is 4.77. The number of H-pyrrole nitrogens is 2. The van der Waals surface area contributed by atoms with Crippen LogP contribution in [-0.2, 0) is 6.18 Å². The Balaban J connectivity index is 2.46. The van der Waals surface area contributed by atoms with Gasteiger partial charge in [0.25, 0.3) is 10.4 Å². The predicted octanol–water partition coefficient (Wildman–Crippen LogP) is 3.35. The van der Waals surface area contributed by atoms with E-state index in [9.17, 15) is 18.0 Å². The summed E-state index contributed by atoms with van der Waals surface area (Å²) in [5.41, 5.74) is -1.12. The maximum Gasteiger partial charge on any atom is 0.416 e. The molecule has 4 nitrogen and oxygen atoms in total. The lowest BCUT2D eigenvalue weighted by Gasteiger charge is -2.07. The van der Waals surface area contributed by atoms with Gasteiger partial charge in [0.1, 0.15) is 0 Å². The van der Waals surface area contributed by atoms with E-state index in [1.54, 1.807) is 0 Å². The molecule has 0 saturated carbocycles. The average Bonchev–Trinajstić information content (AvgIpc) is 2.70. The summed E-state index contributed by atoms with van der Waals surface area (Å²) in [5.74, 6) is 0. The molecule has 2 N–H and O–H groups in total. The van der Waals surface area contributed by atoms with Gasteiger partial charge in [0.15, 0.2) is 11.1 Å². The average molecular weight is 286 g/mol. The van der Waals surface area contributed by atoms with Gasteiger partial charge in [-0.2, -0.15) is 13.2 Å². The van der Waals surface area contributed by atoms with Gasteiger partial charge >= 0.3 is 6.18 Å². The molecule has 0 bridgehead atoms. The lowest BCUT2D eigenvalue weighted by atomic mass is 10.1. The molecule has 3 aromatic rings. The monoisotopic (exact) mass is 286 g/mol. The van der Waals surface area contributed by atoms with Crippen molar-refractivity contribution in [3.8, 4) is 0 Å². The Bertz CT molecular complexity index is 904. The van der Waals surface area contributed by atoms with Gasteiger partial charge < -0.3 is 14.4 Å². The number of hydrogen-bond acceptors (Lipinski definition) is 3. The number of halogens is 3. The number of pyridine rings is 1. The van der Waals surface area contributed by atoms with Gasteiger partial charge in [0.05, 0.1) is 11.1 Å². The van der Waals surface area contributed by atoms with Crippen molar-refractivity contribution >= 4 is 34.2 Å². The number of aromatic amines is 2. The van der Waals surface area contributed by atoms with E-state index in [2.05, 4.69) is 9.97 Å². The number of nitrogens with one attached hydrogen (secondary N) is 2. The van der Waals surface area contributed by atoms with Crippen LogP contribution in [-0.4, -0.2) is 9.97 Å². The number of benzene rings is 1. The largest absolute Gasteiger partial charge is 0.428 e. The van der Waals surface area contributed by atoms with Gasteiger partial charge in [0, 0.05) is 5.39 Å². The molecule has 0 aliphatic heterocycles. The van der Waals surface area contributed by atoms with Crippen molar-refractivity contribution in [1.29, 1.82) is 0 Å². The van der Waals surface area contributed by atoms with Crippen LogP contribution in [0.5, 0.6) is 0 Å². The molecule has 0 aliphatic carbocycles. The topological polar surface area (TPSA) is 61.8 Å². The first-order valence-corrected chi connectivity index (χ1v) is 5.53. The predicted molar refractivity (Wildman–Crippen MR) is 64.5 cm³/mol. The van der Waals surface area contributed by atoms with Crippen LogP contribution in [0.25, 0.3) is 22.0 Å². The van der Waals surface area contributed by atoms with E-state index in [1.807, 2.05) is 0 Å². The zero-order valence-corrected chi connectivity index (χ0v) is 9.91. The minimum Gasteiger partial charge on any atom is -0.428 e. The molecule has 0 aliphatic rings. The zero-order valence-electron chi connectivity index (χ0n) is 9.09. The number of alkyl halides is 3. The maximum absolute atomic E-state index is 12.6. The Labute approximate surface area is 107 Å². The molecule has 2 aromatic heterocycles. The zero-order chi connectivity index (χ0) is 13.8. The number of fused-ring (bicyclic) bond motifs is 3. The van der Waals surface area contributed by atoms with Crippen molar-refractivity contribution in [2.75, 3.05) is 0 Å². The first kappa shape index (κ1) is 12.0. The highest BCUT2D eigenvalue weighted by atomic mass is 32.1. The standard InChI is InChI=1S/C11H5F3N2O2S/c12-11(13,14)4-1-2-5-6(3-4)15-9(17)7-8(5)18-10(19)16-7/h1-3H,(H,15,17)(H,16,19). The van der Waals surface area contributed by atoms with Crippen molar-refractivity contribution < 1.29 is 17.6 Å². The van der Waals surface area contributed by atoms with Crippen LogP contribution >= 0.6 is 12.2 Å². The Morgan fingerprint density at radius 3 is 2.63 bits per heavy atom. The van der Waals surface area contributed by atoms with Crippen LogP contribution in [0, 0.1) is 4.84 Å². The van der Waals surface area contributed by atoms with Crippen LogP contribution in [0.2, 0.25) is 0 Å². The summed E-state index contributed by atoms with van der Waals surface area (Å²) in [6, 6.07) is 3.02. The van der Waals surface area contributed by atoms with Gasteiger partial charge in [-0.25, -0.2) is 0 Å². The lowest BCUT2D eigenvalue weighted by Crippen LogP contribution is -2.08. The van der Waals surface area contributed by atoms with E-state index in [-0.39, 0.29) is 21.5 Å². The molecule has 0 atom stereocenters. The van der Waals surface area contributed by atoms with Crippen molar-refractivity contribution in [3.63, 3.8) is 0 Å². The van der Waals surface area contributed by atoms with Crippen LogP contribution < -0.4 is 5.56 Å². The van der Waals surface area contributed by atoms with Crippen molar-refractivity contribution in [2.45, 2.75) is 6.18 Å². The highest BCUT2D eigenvalue weighted by Crippen LogP contribution is 2.32. The smallest absolute Gasteiger partial charge is 0.416 e. The summed E-state index contributed by atoms with van der Waals surface area (Å²) in [7, 11) is 0. The molecular formula is C11H5F3N2O2S. The maximum atomic E-state index is 12.6. The molecule has 19 heavy (non-hydrogen) atoms. The van der Waals surface area contributed by atoms with E-state index >= 15 is 0 Å². The normalized spacial score (nSPS) is 12.4. The van der Waals surface area contributed by atoms with Crippen LogP contribution in [0.3, 0.4) is 0 Å². The molecule has 3 rings (SSSR count). The fraction of sp³-hybridized carbons (Fsp3) is 0.0909. The summed E-state index contributed by atoms with van der Waals surface area (Å²) in [4.78, 5) is 16.6. The van der Waals surface area contributed by atoms with Crippen molar-refractivity contribution in [2.24, 2.45) is 0 Å². The first-order valence-electron chi connectivity index (χ1n) is 5.12. The molecule has 2 heterocycles. The summed E-state index contributed by atoms with van der Waals surface area (Å²) in [6.07, 6.45) is -4.47. The van der Waals surface area contributed by atoms with Gasteiger partial charge in [-0.05, 0) is 30.4 Å².